The fraction of sp³-hybridized carbons (Fsp3) is 0.462. The predicted octanol–water partition coefficient (Wildman–Crippen LogP) is 3.17. The summed E-state index contributed by atoms with van der Waals surface area (Å²) in [5.74, 6) is -5.41. The third-order valence-electron chi connectivity index (χ3n) is 3.54. The molecule has 3 nitrogen and oxygen atoms in total. The molecule has 0 radical (unpaired) electrons. The number of rotatable bonds is 3. The number of carbonyl (C=O) groups is 1. The molecule has 0 saturated carbocycles. The van der Waals surface area contributed by atoms with Crippen LogP contribution >= 0.6 is 11.6 Å². The van der Waals surface area contributed by atoms with E-state index in [1.54, 1.807) is 0 Å². The van der Waals surface area contributed by atoms with Gasteiger partial charge in [-0.05, 0) is 17.7 Å². The molecule has 0 spiro atoms. The van der Waals surface area contributed by atoms with Crippen molar-refractivity contribution in [1.82, 2.24) is 4.90 Å². The van der Waals surface area contributed by atoms with Gasteiger partial charge in [-0.3, -0.25) is 9.69 Å². The average molecular weight is 326 g/mol. The smallest absolute Gasteiger partial charge is 0.393 e. The normalized spacial score (nSPS) is 23.5. The minimum absolute atomic E-state index is 0.0511. The van der Waals surface area contributed by atoms with E-state index in [0.29, 0.717) is 5.56 Å². The lowest BCUT2D eigenvalue weighted by atomic mass is 9.96. The van der Waals surface area contributed by atoms with Gasteiger partial charge in [0.05, 0.1) is 11.8 Å². The fourth-order valence-electron chi connectivity index (χ4n) is 2.49. The van der Waals surface area contributed by atoms with Crippen LogP contribution in [-0.2, 0) is 11.3 Å². The van der Waals surface area contributed by atoms with Crippen molar-refractivity contribution >= 4 is 17.6 Å². The number of carboxylic acid groups (broad SMARTS) is 1. The van der Waals surface area contributed by atoms with E-state index in [9.17, 15) is 22.4 Å². The second-order valence-electron chi connectivity index (χ2n) is 5.02. The summed E-state index contributed by atoms with van der Waals surface area (Å²) in [7, 11) is 0. The molecule has 1 N–H and O–H groups in total. The molecule has 1 saturated heterocycles. The molecule has 1 aliphatic heterocycles. The lowest BCUT2D eigenvalue weighted by Crippen LogP contribution is -2.33. The molecule has 2 rings (SSSR count). The highest BCUT2D eigenvalue weighted by molar-refractivity contribution is 6.31. The second-order valence-corrected chi connectivity index (χ2v) is 5.43. The molecule has 0 aliphatic carbocycles. The molecule has 0 bridgehead atoms. The molecule has 0 unspecified atom stereocenters. The summed E-state index contributed by atoms with van der Waals surface area (Å²) in [6, 6.07) is 3.62. The minimum atomic E-state index is -4.57. The van der Waals surface area contributed by atoms with Crippen molar-refractivity contribution in [2.24, 2.45) is 11.8 Å². The second kappa shape index (κ2) is 5.81. The molecular formula is C13H12ClF4NO2. The van der Waals surface area contributed by atoms with E-state index < -0.39 is 36.3 Å². The molecule has 1 aromatic carbocycles. The van der Waals surface area contributed by atoms with Gasteiger partial charge in [0.2, 0.25) is 0 Å². The first-order valence-electron chi connectivity index (χ1n) is 6.14. The topological polar surface area (TPSA) is 40.5 Å². The molecule has 2 atom stereocenters. The Morgan fingerprint density at radius 2 is 2.05 bits per heavy atom. The molecule has 1 aromatic rings. The lowest BCUT2D eigenvalue weighted by molar-refractivity contribution is -0.188. The van der Waals surface area contributed by atoms with Crippen LogP contribution in [-0.4, -0.2) is 35.2 Å². The Morgan fingerprint density at radius 3 is 2.52 bits per heavy atom. The molecule has 0 aromatic heterocycles. The van der Waals surface area contributed by atoms with Gasteiger partial charge in [0.25, 0.3) is 0 Å². The van der Waals surface area contributed by atoms with Gasteiger partial charge >= 0.3 is 12.1 Å². The monoisotopic (exact) mass is 325 g/mol. The Bertz CT molecular complexity index is 549. The Kier molecular flexibility index (Phi) is 4.43. The van der Waals surface area contributed by atoms with Crippen LogP contribution in [0.1, 0.15) is 5.56 Å². The summed E-state index contributed by atoms with van der Waals surface area (Å²) >= 11 is 5.83. The van der Waals surface area contributed by atoms with E-state index >= 15 is 0 Å². The highest BCUT2D eigenvalue weighted by Crippen LogP contribution is 2.38. The maximum absolute atomic E-state index is 12.9. The van der Waals surface area contributed by atoms with Crippen molar-refractivity contribution in [3.63, 3.8) is 0 Å². The van der Waals surface area contributed by atoms with E-state index in [-0.39, 0.29) is 18.1 Å². The highest BCUT2D eigenvalue weighted by Gasteiger charge is 2.52. The molecule has 1 fully saturated rings. The van der Waals surface area contributed by atoms with Crippen molar-refractivity contribution in [3.05, 3.63) is 34.6 Å². The van der Waals surface area contributed by atoms with Crippen LogP contribution in [0.4, 0.5) is 17.6 Å². The van der Waals surface area contributed by atoms with Crippen LogP contribution in [0, 0.1) is 17.7 Å². The number of halogens is 5. The Balaban J connectivity index is 2.14. The van der Waals surface area contributed by atoms with Gasteiger partial charge in [-0.2, -0.15) is 13.2 Å². The van der Waals surface area contributed by atoms with Crippen molar-refractivity contribution in [2.75, 3.05) is 13.1 Å². The Labute approximate surface area is 123 Å². The lowest BCUT2D eigenvalue weighted by Gasteiger charge is -2.18. The minimum Gasteiger partial charge on any atom is -0.481 e. The van der Waals surface area contributed by atoms with Crippen LogP contribution in [0.5, 0.6) is 0 Å². The van der Waals surface area contributed by atoms with Gasteiger partial charge in [0.15, 0.2) is 0 Å². The summed E-state index contributed by atoms with van der Waals surface area (Å²) in [6.45, 7) is -0.573. The van der Waals surface area contributed by atoms with E-state index in [2.05, 4.69) is 0 Å². The number of hydrogen-bond acceptors (Lipinski definition) is 2. The quantitative estimate of drug-likeness (QED) is 0.868. The van der Waals surface area contributed by atoms with E-state index in [0.717, 1.165) is 12.1 Å². The van der Waals surface area contributed by atoms with E-state index in [1.807, 2.05) is 0 Å². The molecule has 1 heterocycles. The predicted molar refractivity (Wildman–Crippen MR) is 67.4 cm³/mol. The van der Waals surface area contributed by atoms with Crippen molar-refractivity contribution in [2.45, 2.75) is 12.7 Å². The molecule has 1 aliphatic rings. The van der Waals surface area contributed by atoms with Crippen LogP contribution < -0.4 is 0 Å². The average Bonchev–Trinajstić information content (AvgIpc) is 2.77. The number of nitrogens with zero attached hydrogens (tertiary/aromatic N) is 1. The third kappa shape index (κ3) is 3.65. The van der Waals surface area contributed by atoms with Crippen LogP contribution in [0.25, 0.3) is 0 Å². The number of carboxylic acids is 1. The number of hydrogen-bond donors (Lipinski definition) is 1. The summed E-state index contributed by atoms with van der Waals surface area (Å²) in [5, 5.41) is 9.03. The number of likely N-dealkylation sites (tertiary alicyclic amines) is 1. The Morgan fingerprint density at radius 1 is 1.38 bits per heavy atom. The Hall–Kier alpha value is -1.34. The maximum Gasteiger partial charge on any atom is 0.393 e. The zero-order valence-corrected chi connectivity index (χ0v) is 11.5. The summed E-state index contributed by atoms with van der Waals surface area (Å²) in [5.41, 5.74) is 0.463. The van der Waals surface area contributed by atoms with Crippen LogP contribution in [0.3, 0.4) is 0 Å². The number of benzene rings is 1. The molecule has 0 amide bonds. The van der Waals surface area contributed by atoms with Gasteiger partial charge in [-0.25, -0.2) is 4.39 Å². The van der Waals surface area contributed by atoms with Crippen molar-refractivity contribution in [1.29, 1.82) is 0 Å². The van der Waals surface area contributed by atoms with Crippen molar-refractivity contribution < 1.29 is 27.5 Å². The fourth-order valence-corrected chi connectivity index (χ4v) is 2.71. The first-order valence-corrected chi connectivity index (χ1v) is 6.52. The maximum atomic E-state index is 12.9. The zero-order valence-electron chi connectivity index (χ0n) is 10.7. The molecule has 116 valence electrons. The molecular weight excluding hydrogens is 314 g/mol. The molecule has 21 heavy (non-hydrogen) atoms. The third-order valence-corrected chi connectivity index (χ3v) is 3.89. The van der Waals surface area contributed by atoms with Crippen LogP contribution in [0.2, 0.25) is 5.02 Å². The SMILES string of the molecule is O=C(O)[C@@H]1CN(Cc2ccc(F)cc2Cl)C[C@H]1C(F)(F)F. The van der Waals surface area contributed by atoms with Gasteiger partial charge < -0.3 is 5.11 Å². The summed E-state index contributed by atoms with van der Waals surface area (Å²) in [4.78, 5) is 12.3. The van der Waals surface area contributed by atoms with Crippen molar-refractivity contribution in [3.8, 4) is 0 Å². The standard InChI is InChI=1S/C13H12ClF4NO2/c14-11-3-8(15)2-1-7(11)4-19-5-9(12(20)21)10(6-19)13(16,17)18/h1-3,9-10H,4-6H2,(H,20,21)/t9-,10-/m1/s1. The first kappa shape index (κ1) is 16.0. The summed E-state index contributed by atoms with van der Waals surface area (Å²) in [6.07, 6.45) is -4.57. The number of alkyl halides is 3. The van der Waals surface area contributed by atoms with Crippen LogP contribution in [0.15, 0.2) is 18.2 Å². The van der Waals surface area contributed by atoms with Gasteiger partial charge in [0.1, 0.15) is 5.82 Å². The van der Waals surface area contributed by atoms with Gasteiger partial charge in [-0.1, -0.05) is 17.7 Å². The van der Waals surface area contributed by atoms with Gasteiger partial charge in [-0.15, -0.1) is 0 Å². The van der Waals surface area contributed by atoms with E-state index in [1.165, 1.54) is 11.0 Å². The molecule has 8 heteroatoms. The highest BCUT2D eigenvalue weighted by atomic mass is 35.5. The largest absolute Gasteiger partial charge is 0.481 e. The first-order chi connectivity index (χ1) is 9.68. The zero-order chi connectivity index (χ0) is 15.8. The van der Waals surface area contributed by atoms with E-state index in [4.69, 9.17) is 16.7 Å². The number of aliphatic carboxylic acids is 1. The summed E-state index contributed by atoms with van der Waals surface area (Å²) < 4.78 is 51.5. The van der Waals surface area contributed by atoms with Gasteiger partial charge in [0, 0.05) is 24.7 Å².